The molecule has 0 aliphatic carbocycles. The lowest BCUT2D eigenvalue weighted by molar-refractivity contribution is 0.364. The highest BCUT2D eigenvalue weighted by atomic mass is 32.1. The van der Waals surface area contributed by atoms with Crippen molar-refractivity contribution in [3.8, 4) is 0 Å². The predicted molar refractivity (Wildman–Crippen MR) is 90.4 cm³/mol. The lowest BCUT2D eigenvalue weighted by Gasteiger charge is -2.15. The average molecular weight is 288 g/mol. The zero-order chi connectivity index (χ0) is 14.4. The Morgan fingerprint density at radius 3 is 2.90 bits per heavy atom. The number of fused-ring (bicyclic) bond motifs is 1. The summed E-state index contributed by atoms with van der Waals surface area (Å²) in [6.07, 6.45) is 3.14. The number of rotatable bonds is 8. The molecule has 1 heterocycles. The second kappa shape index (κ2) is 7.58. The first-order valence-corrected chi connectivity index (χ1v) is 8.07. The highest BCUT2D eigenvalue weighted by Gasteiger charge is 2.12. The molecule has 1 aromatic heterocycles. The zero-order valence-corrected chi connectivity index (χ0v) is 13.3. The van der Waals surface area contributed by atoms with Gasteiger partial charge in [0, 0.05) is 29.2 Å². The van der Waals surface area contributed by atoms with Crippen molar-refractivity contribution in [2.45, 2.75) is 26.4 Å². The molecule has 0 spiro atoms. The molecule has 0 unspecified atom stereocenters. The third-order valence-electron chi connectivity index (χ3n) is 3.36. The molecule has 0 saturated heterocycles. The maximum atomic E-state index is 3.82. The van der Waals surface area contributed by atoms with Crippen LogP contribution in [0.3, 0.4) is 0 Å². The van der Waals surface area contributed by atoms with Crippen molar-refractivity contribution in [3.63, 3.8) is 0 Å². The molecule has 0 fully saturated rings. The minimum absolute atomic E-state index is 0.923. The SMILES string of the molecule is C=CCN(C)Cc1c(CNCCC)sc2ccccc12. The average Bonchev–Trinajstić information content (AvgIpc) is 2.78. The van der Waals surface area contributed by atoms with E-state index in [1.54, 1.807) is 0 Å². The van der Waals surface area contributed by atoms with Crippen molar-refractivity contribution < 1.29 is 0 Å². The van der Waals surface area contributed by atoms with E-state index in [2.05, 4.69) is 55.0 Å². The van der Waals surface area contributed by atoms with Gasteiger partial charge in [0.25, 0.3) is 0 Å². The third kappa shape index (κ3) is 3.69. The van der Waals surface area contributed by atoms with Gasteiger partial charge in [-0.25, -0.2) is 0 Å². The van der Waals surface area contributed by atoms with E-state index in [4.69, 9.17) is 0 Å². The van der Waals surface area contributed by atoms with Gasteiger partial charge < -0.3 is 5.32 Å². The summed E-state index contributed by atoms with van der Waals surface area (Å²) < 4.78 is 1.39. The van der Waals surface area contributed by atoms with Crippen molar-refractivity contribution >= 4 is 21.4 Å². The molecule has 0 amide bonds. The fourth-order valence-corrected chi connectivity index (χ4v) is 3.58. The predicted octanol–water partition coefficient (Wildman–Crippen LogP) is 4.02. The normalized spacial score (nSPS) is 11.3. The summed E-state index contributed by atoms with van der Waals surface area (Å²) in [4.78, 5) is 3.78. The van der Waals surface area contributed by atoms with Crippen LogP contribution in [0.1, 0.15) is 23.8 Å². The van der Waals surface area contributed by atoms with Gasteiger partial charge in [0.2, 0.25) is 0 Å². The van der Waals surface area contributed by atoms with E-state index in [0.29, 0.717) is 0 Å². The standard InChI is InChI=1S/C17H24N2S/c1-4-10-18-12-17-15(13-19(3)11-5-2)14-8-6-7-9-16(14)20-17/h5-9,18H,2,4,10-13H2,1,3H3. The molecule has 1 N–H and O–H groups in total. The van der Waals surface area contributed by atoms with Crippen LogP contribution >= 0.6 is 11.3 Å². The summed E-state index contributed by atoms with van der Waals surface area (Å²) in [5, 5.41) is 4.93. The molecule has 1 aromatic carbocycles. The van der Waals surface area contributed by atoms with Crippen LogP contribution in [0, 0.1) is 0 Å². The number of nitrogens with zero attached hydrogens (tertiary/aromatic N) is 1. The van der Waals surface area contributed by atoms with Gasteiger partial charge in [0.15, 0.2) is 0 Å². The topological polar surface area (TPSA) is 15.3 Å². The van der Waals surface area contributed by atoms with E-state index in [0.717, 1.165) is 26.2 Å². The molecule has 2 rings (SSSR count). The number of hydrogen-bond acceptors (Lipinski definition) is 3. The molecule has 2 aromatic rings. The van der Waals surface area contributed by atoms with Crippen LogP contribution in [-0.2, 0) is 13.1 Å². The number of nitrogens with one attached hydrogen (secondary N) is 1. The summed E-state index contributed by atoms with van der Waals surface area (Å²) >= 11 is 1.92. The van der Waals surface area contributed by atoms with E-state index >= 15 is 0 Å². The first-order valence-electron chi connectivity index (χ1n) is 7.25. The van der Waals surface area contributed by atoms with Crippen LogP contribution in [0.25, 0.3) is 10.1 Å². The van der Waals surface area contributed by atoms with Gasteiger partial charge >= 0.3 is 0 Å². The summed E-state index contributed by atoms with van der Waals surface area (Å²) in [5.74, 6) is 0. The smallest absolute Gasteiger partial charge is 0.0349 e. The Morgan fingerprint density at radius 2 is 2.15 bits per heavy atom. The first-order chi connectivity index (χ1) is 9.76. The fourth-order valence-electron chi connectivity index (χ4n) is 2.40. The molecule has 3 heteroatoms. The Kier molecular flexibility index (Phi) is 5.77. The Hall–Kier alpha value is -1.16. The second-order valence-electron chi connectivity index (χ2n) is 5.16. The second-order valence-corrected chi connectivity index (χ2v) is 6.30. The Balaban J connectivity index is 2.26. The van der Waals surface area contributed by atoms with Crippen molar-refractivity contribution in [3.05, 3.63) is 47.4 Å². The van der Waals surface area contributed by atoms with Crippen molar-refractivity contribution in [1.82, 2.24) is 10.2 Å². The van der Waals surface area contributed by atoms with E-state index in [9.17, 15) is 0 Å². The maximum absolute atomic E-state index is 3.82. The number of thiophene rings is 1. The quantitative estimate of drug-likeness (QED) is 0.583. The minimum Gasteiger partial charge on any atom is -0.312 e. The van der Waals surface area contributed by atoms with Gasteiger partial charge in [-0.05, 0) is 37.0 Å². The molecule has 108 valence electrons. The Labute approximate surface area is 126 Å². The van der Waals surface area contributed by atoms with Gasteiger partial charge in [-0.2, -0.15) is 0 Å². The van der Waals surface area contributed by atoms with Crippen molar-refractivity contribution in [2.75, 3.05) is 20.1 Å². The summed E-state index contributed by atoms with van der Waals surface area (Å²) in [5.41, 5.74) is 1.47. The number of likely N-dealkylation sites (N-methyl/N-ethyl adjacent to an activating group) is 1. The van der Waals surface area contributed by atoms with Gasteiger partial charge in [0.1, 0.15) is 0 Å². The molecule has 0 atom stereocenters. The lowest BCUT2D eigenvalue weighted by atomic mass is 10.1. The fraction of sp³-hybridized carbons (Fsp3) is 0.412. The number of hydrogen-bond donors (Lipinski definition) is 1. The third-order valence-corrected chi connectivity index (χ3v) is 4.58. The summed E-state index contributed by atoms with van der Waals surface area (Å²) in [6, 6.07) is 8.72. The van der Waals surface area contributed by atoms with E-state index in [-0.39, 0.29) is 0 Å². The molecule has 0 bridgehead atoms. The minimum atomic E-state index is 0.923. The monoisotopic (exact) mass is 288 g/mol. The van der Waals surface area contributed by atoms with Gasteiger partial charge in [-0.15, -0.1) is 17.9 Å². The molecule has 0 aliphatic heterocycles. The molecular formula is C17H24N2S. The van der Waals surface area contributed by atoms with E-state index in [1.165, 1.54) is 26.9 Å². The summed E-state index contributed by atoms with van der Waals surface area (Å²) in [7, 11) is 2.15. The number of benzene rings is 1. The highest BCUT2D eigenvalue weighted by molar-refractivity contribution is 7.19. The van der Waals surface area contributed by atoms with Gasteiger partial charge in [0.05, 0.1) is 0 Å². The van der Waals surface area contributed by atoms with Crippen LogP contribution in [0.15, 0.2) is 36.9 Å². The first kappa shape index (κ1) is 15.2. The van der Waals surface area contributed by atoms with Crippen LogP contribution in [0.4, 0.5) is 0 Å². The van der Waals surface area contributed by atoms with Crippen LogP contribution in [0.2, 0.25) is 0 Å². The van der Waals surface area contributed by atoms with Crippen LogP contribution in [-0.4, -0.2) is 25.0 Å². The van der Waals surface area contributed by atoms with Crippen molar-refractivity contribution in [1.29, 1.82) is 0 Å². The van der Waals surface area contributed by atoms with Crippen LogP contribution in [0.5, 0.6) is 0 Å². The maximum Gasteiger partial charge on any atom is 0.0349 e. The van der Waals surface area contributed by atoms with Crippen LogP contribution < -0.4 is 5.32 Å². The largest absolute Gasteiger partial charge is 0.312 e. The Bertz CT molecular complexity index is 559. The van der Waals surface area contributed by atoms with E-state index in [1.807, 2.05) is 17.4 Å². The highest BCUT2D eigenvalue weighted by Crippen LogP contribution is 2.32. The van der Waals surface area contributed by atoms with Gasteiger partial charge in [-0.3, -0.25) is 4.90 Å². The molecule has 2 nitrogen and oxygen atoms in total. The van der Waals surface area contributed by atoms with E-state index < -0.39 is 0 Å². The molecule has 20 heavy (non-hydrogen) atoms. The zero-order valence-electron chi connectivity index (χ0n) is 12.5. The molecular weight excluding hydrogens is 264 g/mol. The van der Waals surface area contributed by atoms with Crippen molar-refractivity contribution in [2.24, 2.45) is 0 Å². The lowest BCUT2D eigenvalue weighted by Crippen LogP contribution is -2.19. The molecule has 0 aliphatic rings. The van der Waals surface area contributed by atoms with Gasteiger partial charge in [-0.1, -0.05) is 31.2 Å². The molecule has 0 radical (unpaired) electrons. The summed E-state index contributed by atoms with van der Waals surface area (Å²) in [6.45, 7) is 9.99. The Morgan fingerprint density at radius 1 is 1.35 bits per heavy atom. The molecule has 0 saturated carbocycles.